The van der Waals surface area contributed by atoms with Crippen molar-refractivity contribution in [3.05, 3.63) is 51.6 Å². The number of halogens is 3. The van der Waals surface area contributed by atoms with Gasteiger partial charge in [0.15, 0.2) is 0 Å². The molecule has 1 aliphatic rings. The summed E-state index contributed by atoms with van der Waals surface area (Å²) in [6.45, 7) is 4.51. The number of nitrogens with one attached hydrogen (secondary N) is 1. The SMILES string of the molecule is CCc1cccc(NC(=O)c2c(N3CCCC(F)(F)CC3)ncc(Br)c2C)c1. The van der Waals surface area contributed by atoms with Gasteiger partial charge in [-0.3, -0.25) is 4.79 Å². The van der Waals surface area contributed by atoms with Gasteiger partial charge in [-0.2, -0.15) is 0 Å². The Balaban J connectivity index is 1.93. The number of aryl methyl sites for hydroxylation is 1. The Labute approximate surface area is 172 Å². The zero-order valence-corrected chi connectivity index (χ0v) is 17.7. The Morgan fingerprint density at radius 3 is 2.86 bits per heavy atom. The molecule has 0 unspecified atom stereocenters. The number of hydrogen-bond acceptors (Lipinski definition) is 3. The highest BCUT2D eigenvalue weighted by molar-refractivity contribution is 9.10. The zero-order valence-electron chi connectivity index (χ0n) is 16.1. The minimum absolute atomic E-state index is 0.135. The van der Waals surface area contributed by atoms with Gasteiger partial charge in [-0.05, 0) is 59.0 Å². The van der Waals surface area contributed by atoms with E-state index in [2.05, 4.69) is 33.2 Å². The number of nitrogens with zero attached hydrogens (tertiary/aromatic N) is 2. The van der Waals surface area contributed by atoms with Crippen LogP contribution in [0, 0.1) is 6.92 Å². The quantitative estimate of drug-likeness (QED) is 0.658. The number of rotatable bonds is 4. The predicted octanol–water partition coefficient (Wildman–Crippen LogP) is 5.59. The van der Waals surface area contributed by atoms with Crippen LogP contribution in [0.1, 0.15) is 47.7 Å². The van der Waals surface area contributed by atoms with E-state index in [-0.39, 0.29) is 25.3 Å². The number of anilines is 2. The molecule has 1 aliphatic heterocycles. The number of benzene rings is 1. The van der Waals surface area contributed by atoms with Gasteiger partial charge in [0.25, 0.3) is 5.91 Å². The molecule has 28 heavy (non-hydrogen) atoms. The van der Waals surface area contributed by atoms with Gasteiger partial charge in [0.2, 0.25) is 5.92 Å². The first-order valence-electron chi connectivity index (χ1n) is 9.49. The highest BCUT2D eigenvalue weighted by Gasteiger charge is 2.33. The van der Waals surface area contributed by atoms with E-state index in [4.69, 9.17) is 0 Å². The number of carbonyl (C=O) groups is 1. The fourth-order valence-corrected chi connectivity index (χ4v) is 3.72. The molecule has 0 atom stereocenters. The summed E-state index contributed by atoms with van der Waals surface area (Å²) in [6, 6.07) is 7.68. The number of hydrogen-bond donors (Lipinski definition) is 1. The van der Waals surface area contributed by atoms with Crippen molar-refractivity contribution in [1.29, 1.82) is 0 Å². The Morgan fingerprint density at radius 2 is 2.11 bits per heavy atom. The molecule has 0 saturated carbocycles. The van der Waals surface area contributed by atoms with Gasteiger partial charge >= 0.3 is 0 Å². The lowest BCUT2D eigenvalue weighted by molar-refractivity contribution is -0.0102. The molecule has 7 heteroatoms. The van der Waals surface area contributed by atoms with E-state index in [1.54, 1.807) is 11.1 Å². The number of pyridine rings is 1. The summed E-state index contributed by atoms with van der Waals surface area (Å²) in [5, 5.41) is 2.94. The van der Waals surface area contributed by atoms with Gasteiger partial charge in [0.1, 0.15) is 5.82 Å². The second-order valence-corrected chi connectivity index (χ2v) is 7.99. The van der Waals surface area contributed by atoms with Crippen LogP contribution in [0.2, 0.25) is 0 Å². The molecule has 2 heterocycles. The highest BCUT2D eigenvalue weighted by Crippen LogP contribution is 2.33. The van der Waals surface area contributed by atoms with Gasteiger partial charge < -0.3 is 10.2 Å². The van der Waals surface area contributed by atoms with Crippen molar-refractivity contribution in [2.75, 3.05) is 23.3 Å². The summed E-state index contributed by atoms with van der Waals surface area (Å²) in [5.74, 6) is -2.49. The summed E-state index contributed by atoms with van der Waals surface area (Å²) >= 11 is 3.43. The molecule has 0 spiro atoms. The third-order valence-corrected chi connectivity index (χ3v) is 5.89. The monoisotopic (exact) mass is 451 g/mol. The second-order valence-electron chi connectivity index (χ2n) is 7.13. The minimum atomic E-state index is -2.66. The fourth-order valence-electron chi connectivity index (χ4n) is 3.42. The maximum atomic E-state index is 13.8. The third-order valence-electron chi connectivity index (χ3n) is 5.09. The molecular weight excluding hydrogens is 428 g/mol. The van der Waals surface area contributed by atoms with E-state index in [0.29, 0.717) is 34.5 Å². The molecule has 3 rings (SSSR count). The lowest BCUT2D eigenvalue weighted by Crippen LogP contribution is -2.30. The standard InChI is InChI=1S/C21H24BrF2N3O/c1-3-15-6-4-7-16(12-15)26-20(28)18-14(2)17(22)13-25-19(18)27-10-5-8-21(23,24)9-11-27/h4,6-7,12-13H,3,5,8-11H2,1-2H3,(H,26,28). The molecule has 1 saturated heterocycles. The van der Waals surface area contributed by atoms with Crippen molar-refractivity contribution in [2.45, 2.75) is 45.5 Å². The number of aromatic nitrogens is 1. The van der Waals surface area contributed by atoms with Crippen LogP contribution in [0.4, 0.5) is 20.3 Å². The fraction of sp³-hybridized carbons (Fsp3) is 0.429. The van der Waals surface area contributed by atoms with Crippen LogP contribution < -0.4 is 10.2 Å². The molecule has 0 radical (unpaired) electrons. The normalized spacial score (nSPS) is 16.5. The van der Waals surface area contributed by atoms with Gasteiger partial charge in [0, 0.05) is 42.3 Å². The summed E-state index contributed by atoms with van der Waals surface area (Å²) < 4.78 is 28.3. The van der Waals surface area contributed by atoms with Crippen molar-refractivity contribution >= 4 is 33.3 Å². The lowest BCUT2D eigenvalue weighted by atomic mass is 10.1. The molecule has 1 amide bonds. The topological polar surface area (TPSA) is 45.2 Å². The van der Waals surface area contributed by atoms with Crippen LogP contribution >= 0.6 is 15.9 Å². The van der Waals surface area contributed by atoms with Crippen LogP contribution in [0.3, 0.4) is 0 Å². The van der Waals surface area contributed by atoms with Crippen LogP contribution in [0.25, 0.3) is 0 Å². The third kappa shape index (κ3) is 4.69. The molecule has 150 valence electrons. The van der Waals surface area contributed by atoms with Crippen LogP contribution in [0.15, 0.2) is 34.9 Å². The largest absolute Gasteiger partial charge is 0.356 e. The molecule has 1 N–H and O–H groups in total. The smallest absolute Gasteiger partial charge is 0.259 e. The van der Waals surface area contributed by atoms with E-state index in [1.165, 1.54) is 0 Å². The molecule has 0 aliphatic carbocycles. The first-order chi connectivity index (χ1) is 13.3. The predicted molar refractivity (Wildman–Crippen MR) is 111 cm³/mol. The molecule has 0 bridgehead atoms. The number of amides is 1. The molecule has 1 aromatic carbocycles. The van der Waals surface area contributed by atoms with Crippen molar-refractivity contribution in [3.8, 4) is 0 Å². The molecule has 4 nitrogen and oxygen atoms in total. The average Bonchev–Trinajstić information content (AvgIpc) is 2.84. The van der Waals surface area contributed by atoms with E-state index in [9.17, 15) is 13.6 Å². The molecule has 1 fully saturated rings. The maximum absolute atomic E-state index is 13.8. The first kappa shape index (κ1) is 20.7. The van der Waals surface area contributed by atoms with Crippen molar-refractivity contribution in [3.63, 3.8) is 0 Å². The Morgan fingerprint density at radius 1 is 1.32 bits per heavy atom. The van der Waals surface area contributed by atoms with E-state index in [1.807, 2.05) is 31.2 Å². The molecule has 1 aromatic heterocycles. The minimum Gasteiger partial charge on any atom is -0.356 e. The summed E-state index contributed by atoms with van der Waals surface area (Å²) in [6.07, 6.45) is 2.49. The number of carbonyl (C=O) groups excluding carboxylic acids is 1. The Hall–Kier alpha value is -2.02. The van der Waals surface area contributed by atoms with E-state index < -0.39 is 5.92 Å². The van der Waals surface area contributed by atoms with E-state index >= 15 is 0 Å². The zero-order chi connectivity index (χ0) is 20.3. The van der Waals surface area contributed by atoms with Crippen LogP contribution in [0.5, 0.6) is 0 Å². The summed E-state index contributed by atoms with van der Waals surface area (Å²) in [7, 11) is 0. The Bertz CT molecular complexity index is 873. The molecular formula is C21H24BrF2N3O. The van der Waals surface area contributed by atoms with E-state index in [0.717, 1.165) is 17.5 Å². The average molecular weight is 452 g/mol. The Kier molecular flexibility index (Phi) is 6.33. The van der Waals surface area contributed by atoms with Crippen LogP contribution in [-0.2, 0) is 6.42 Å². The van der Waals surface area contributed by atoms with Crippen molar-refractivity contribution in [1.82, 2.24) is 4.98 Å². The van der Waals surface area contributed by atoms with Gasteiger partial charge in [-0.15, -0.1) is 0 Å². The first-order valence-corrected chi connectivity index (χ1v) is 10.3. The highest BCUT2D eigenvalue weighted by atomic mass is 79.9. The van der Waals surface area contributed by atoms with Gasteiger partial charge in [-0.1, -0.05) is 19.1 Å². The van der Waals surface area contributed by atoms with Crippen molar-refractivity contribution < 1.29 is 13.6 Å². The summed E-state index contributed by atoms with van der Waals surface area (Å²) in [4.78, 5) is 19.3. The lowest BCUT2D eigenvalue weighted by Gasteiger charge is -2.25. The molecule has 2 aromatic rings. The van der Waals surface area contributed by atoms with Gasteiger partial charge in [0.05, 0.1) is 5.56 Å². The van der Waals surface area contributed by atoms with Crippen molar-refractivity contribution in [2.24, 2.45) is 0 Å². The van der Waals surface area contributed by atoms with Crippen LogP contribution in [-0.4, -0.2) is 29.9 Å². The second kappa shape index (κ2) is 8.55. The van der Waals surface area contributed by atoms with Gasteiger partial charge in [-0.25, -0.2) is 13.8 Å². The summed E-state index contributed by atoms with van der Waals surface area (Å²) in [5.41, 5.74) is 2.99. The number of alkyl halides is 2. The maximum Gasteiger partial charge on any atom is 0.259 e.